The van der Waals surface area contributed by atoms with Crippen LogP contribution in [-0.2, 0) is 0 Å². The van der Waals surface area contributed by atoms with Gasteiger partial charge in [-0.05, 0) is 42.3 Å². The van der Waals surface area contributed by atoms with E-state index in [2.05, 4.69) is 5.32 Å². The SMILES string of the molecule is CC[C@H](NC(=O)c1ccc(OC)c(F)c1)c1ccc(OC)c(OC)c1. The number of ether oxygens (including phenoxy) is 3. The minimum atomic E-state index is -0.575. The minimum Gasteiger partial charge on any atom is -0.494 e. The third kappa shape index (κ3) is 4.21. The smallest absolute Gasteiger partial charge is 0.251 e. The highest BCUT2D eigenvalue weighted by atomic mass is 19.1. The number of amides is 1. The number of rotatable bonds is 7. The van der Waals surface area contributed by atoms with Crippen LogP contribution in [0.4, 0.5) is 4.39 Å². The van der Waals surface area contributed by atoms with E-state index in [1.165, 1.54) is 19.2 Å². The number of methoxy groups -OCH3 is 3. The molecule has 134 valence electrons. The van der Waals surface area contributed by atoms with Crippen molar-refractivity contribution in [3.05, 3.63) is 53.3 Å². The molecule has 2 aromatic rings. The molecule has 0 heterocycles. The zero-order valence-electron chi connectivity index (χ0n) is 14.8. The Morgan fingerprint density at radius 1 is 1.00 bits per heavy atom. The van der Waals surface area contributed by atoms with Crippen molar-refractivity contribution in [3.8, 4) is 17.2 Å². The summed E-state index contributed by atoms with van der Waals surface area (Å²) in [5.41, 5.74) is 1.11. The number of carbonyl (C=O) groups excluding carboxylic acids is 1. The van der Waals surface area contributed by atoms with Gasteiger partial charge in [-0.1, -0.05) is 13.0 Å². The summed E-state index contributed by atoms with van der Waals surface area (Å²) in [6.07, 6.45) is 0.667. The summed E-state index contributed by atoms with van der Waals surface area (Å²) in [5, 5.41) is 2.91. The summed E-state index contributed by atoms with van der Waals surface area (Å²) >= 11 is 0. The van der Waals surface area contributed by atoms with Gasteiger partial charge in [0, 0.05) is 5.56 Å². The van der Waals surface area contributed by atoms with E-state index in [0.717, 1.165) is 11.6 Å². The highest BCUT2D eigenvalue weighted by molar-refractivity contribution is 5.94. The molecule has 0 bridgehead atoms. The van der Waals surface area contributed by atoms with Crippen molar-refractivity contribution in [3.63, 3.8) is 0 Å². The molecule has 2 rings (SSSR count). The number of hydrogen-bond acceptors (Lipinski definition) is 4. The second-order valence-corrected chi connectivity index (χ2v) is 5.40. The molecule has 0 unspecified atom stereocenters. The van der Waals surface area contributed by atoms with Gasteiger partial charge in [0.1, 0.15) is 0 Å². The molecule has 1 N–H and O–H groups in total. The molecule has 25 heavy (non-hydrogen) atoms. The van der Waals surface area contributed by atoms with E-state index in [4.69, 9.17) is 14.2 Å². The van der Waals surface area contributed by atoms with Crippen LogP contribution in [0.5, 0.6) is 17.2 Å². The van der Waals surface area contributed by atoms with Crippen LogP contribution in [0.3, 0.4) is 0 Å². The summed E-state index contributed by atoms with van der Waals surface area (Å²) in [5.74, 6) is 0.369. The summed E-state index contributed by atoms with van der Waals surface area (Å²) in [6, 6.07) is 9.36. The molecule has 0 fully saturated rings. The molecule has 0 aromatic heterocycles. The van der Waals surface area contributed by atoms with Crippen LogP contribution in [0.2, 0.25) is 0 Å². The summed E-state index contributed by atoms with van der Waals surface area (Å²) in [7, 11) is 4.50. The average molecular weight is 347 g/mol. The van der Waals surface area contributed by atoms with Crippen molar-refractivity contribution in [2.24, 2.45) is 0 Å². The van der Waals surface area contributed by atoms with E-state index >= 15 is 0 Å². The number of nitrogens with one attached hydrogen (secondary N) is 1. The molecular formula is C19H22FNO4. The number of halogens is 1. The molecule has 0 aliphatic heterocycles. The lowest BCUT2D eigenvalue weighted by atomic mass is 10.0. The molecule has 5 nitrogen and oxygen atoms in total. The van der Waals surface area contributed by atoms with Crippen LogP contribution in [0.25, 0.3) is 0 Å². The Morgan fingerprint density at radius 3 is 2.20 bits per heavy atom. The van der Waals surface area contributed by atoms with Gasteiger partial charge in [-0.25, -0.2) is 4.39 Å². The lowest BCUT2D eigenvalue weighted by Gasteiger charge is -2.19. The van der Waals surface area contributed by atoms with E-state index in [9.17, 15) is 9.18 Å². The van der Waals surface area contributed by atoms with E-state index in [1.54, 1.807) is 20.3 Å². The van der Waals surface area contributed by atoms with Gasteiger partial charge in [0.2, 0.25) is 0 Å². The summed E-state index contributed by atoms with van der Waals surface area (Å²) in [6.45, 7) is 1.95. The van der Waals surface area contributed by atoms with E-state index in [-0.39, 0.29) is 23.3 Å². The quantitative estimate of drug-likeness (QED) is 0.829. The first kappa shape index (κ1) is 18.6. The van der Waals surface area contributed by atoms with Gasteiger partial charge in [-0.2, -0.15) is 0 Å². The monoisotopic (exact) mass is 347 g/mol. The fraction of sp³-hybridized carbons (Fsp3) is 0.316. The number of hydrogen-bond donors (Lipinski definition) is 1. The van der Waals surface area contributed by atoms with Crippen LogP contribution < -0.4 is 19.5 Å². The zero-order valence-corrected chi connectivity index (χ0v) is 14.8. The van der Waals surface area contributed by atoms with Crippen molar-refractivity contribution in [2.45, 2.75) is 19.4 Å². The summed E-state index contributed by atoms with van der Waals surface area (Å²) < 4.78 is 29.2. The first-order valence-corrected chi connectivity index (χ1v) is 7.90. The Kier molecular flexibility index (Phi) is 6.22. The normalized spacial score (nSPS) is 11.6. The molecule has 0 spiro atoms. The van der Waals surface area contributed by atoms with Gasteiger partial charge in [0.15, 0.2) is 23.1 Å². The molecule has 0 aliphatic carbocycles. The Bertz CT molecular complexity index is 748. The number of carbonyl (C=O) groups is 1. The Hall–Kier alpha value is -2.76. The molecule has 1 amide bonds. The van der Waals surface area contributed by atoms with Gasteiger partial charge in [-0.3, -0.25) is 4.79 Å². The Balaban J connectivity index is 2.21. The average Bonchev–Trinajstić information content (AvgIpc) is 2.65. The van der Waals surface area contributed by atoms with Gasteiger partial charge in [0.25, 0.3) is 5.91 Å². The topological polar surface area (TPSA) is 56.8 Å². The molecule has 0 aliphatic rings. The van der Waals surface area contributed by atoms with Gasteiger partial charge in [-0.15, -0.1) is 0 Å². The maximum Gasteiger partial charge on any atom is 0.251 e. The zero-order chi connectivity index (χ0) is 18.4. The van der Waals surface area contributed by atoms with Crippen molar-refractivity contribution >= 4 is 5.91 Å². The maximum absolute atomic E-state index is 13.8. The van der Waals surface area contributed by atoms with Crippen molar-refractivity contribution in [2.75, 3.05) is 21.3 Å². The highest BCUT2D eigenvalue weighted by Crippen LogP contribution is 2.31. The fourth-order valence-corrected chi connectivity index (χ4v) is 2.54. The molecule has 0 saturated carbocycles. The fourth-order valence-electron chi connectivity index (χ4n) is 2.54. The van der Waals surface area contributed by atoms with Crippen molar-refractivity contribution in [1.29, 1.82) is 0 Å². The lowest BCUT2D eigenvalue weighted by molar-refractivity contribution is 0.0935. The van der Waals surface area contributed by atoms with Gasteiger partial charge >= 0.3 is 0 Å². The van der Waals surface area contributed by atoms with Crippen LogP contribution in [0.1, 0.15) is 35.3 Å². The predicted octanol–water partition coefficient (Wildman–Crippen LogP) is 3.73. The summed E-state index contributed by atoms with van der Waals surface area (Å²) in [4.78, 5) is 12.4. The molecule has 0 saturated heterocycles. The number of benzene rings is 2. The Labute approximate surface area is 146 Å². The third-order valence-corrected chi connectivity index (χ3v) is 3.94. The third-order valence-electron chi connectivity index (χ3n) is 3.94. The standard InChI is InChI=1S/C19H22FNO4/c1-5-15(12-6-9-17(24-3)18(11-12)25-4)21-19(22)13-7-8-16(23-2)14(20)10-13/h6-11,15H,5H2,1-4H3,(H,21,22)/t15-/m0/s1. The van der Waals surface area contributed by atoms with Gasteiger partial charge < -0.3 is 19.5 Å². The Morgan fingerprint density at radius 2 is 1.64 bits per heavy atom. The van der Waals surface area contributed by atoms with Crippen LogP contribution in [-0.4, -0.2) is 27.2 Å². The van der Waals surface area contributed by atoms with E-state index in [0.29, 0.717) is 17.9 Å². The highest BCUT2D eigenvalue weighted by Gasteiger charge is 2.17. The second kappa shape index (κ2) is 8.37. The first-order chi connectivity index (χ1) is 12.0. The van der Waals surface area contributed by atoms with Crippen molar-refractivity contribution < 1.29 is 23.4 Å². The second-order valence-electron chi connectivity index (χ2n) is 5.40. The first-order valence-electron chi connectivity index (χ1n) is 7.90. The lowest BCUT2D eigenvalue weighted by Crippen LogP contribution is -2.28. The van der Waals surface area contributed by atoms with Crippen molar-refractivity contribution in [1.82, 2.24) is 5.32 Å². The molecule has 2 aromatic carbocycles. The van der Waals surface area contributed by atoms with E-state index < -0.39 is 5.82 Å². The van der Waals surface area contributed by atoms with Crippen LogP contribution in [0.15, 0.2) is 36.4 Å². The van der Waals surface area contributed by atoms with E-state index in [1.807, 2.05) is 19.1 Å². The van der Waals surface area contributed by atoms with Gasteiger partial charge in [0.05, 0.1) is 27.4 Å². The molecular weight excluding hydrogens is 325 g/mol. The van der Waals surface area contributed by atoms with Crippen LogP contribution in [0, 0.1) is 5.82 Å². The molecule has 0 radical (unpaired) electrons. The van der Waals surface area contributed by atoms with Crippen LogP contribution >= 0.6 is 0 Å². The maximum atomic E-state index is 13.8. The molecule has 1 atom stereocenters. The molecule has 6 heteroatoms. The predicted molar refractivity (Wildman–Crippen MR) is 93.0 cm³/mol. The largest absolute Gasteiger partial charge is 0.494 e. The minimum absolute atomic E-state index is 0.100.